The molecule has 0 aliphatic rings. The van der Waals surface area contributed by atoms with Crippen molar-refractivity contribution in [2.24, 2.45) is 0 Å². The molecular weight excluding hydrogens is 208 g/mol. The van der Waals surface area contributed by atoms with Gasteiger partial charge in [0.05, 0.1) is 0 Å². The van der Waals surface area contributed by atoms with E-state index in [1.807, 2.05) is 12.1 Å². The molecule has 0 amide bonds. The van der Waals surface area contributed by atoms with Gasteiger partial charge < -0.3 is 4.74 Å². The monoisotopic (exact) mass is 224 g/mol. The van der Waals surface area contributed by atoms with Crippen LogP contribution in [0.25, 0.3) is 0 Å². The standard InChI is InChI=1S/C13H17ClO/c1-15-11-5-3-2-4-6-12-7-9-13(14)10-8-12/h2,4,7-10H,3,5-6,11H2,1H3/b4-2+. The molecule has 2 heteroatoms. The molecule has 0 saturated heterocycles. The first-order valence-electron chi connectivity index (χ1n) is 5.21. The van der Waals surface area contributed by atoms with Gasteiger partial charge in [0.1, 0.15) is 0 Å². The number of methoxy groups -OCH3 is 1. The van der Waals surface area contributed by atoms with Crippen LogP contribution in [0.3, 0.4) is 0 Å². The largest absolute Gasteiger partial charge is 0.385 e. The molecule has 15 heavy (non-hydrogen) atoms. The van der Waals surface area contributed by atoms with Gasteiger partial charge in [-0.3, -0.25) is 0 Å². The molecule has 0 aromatic heterocycles. The van der Waals surface area contributed by atoms with Crippen molar-refractivity contribution in [3.63, 3.8) is 0 Å². The van der Waals surface area contributed by atoms with Crippen molar-refractivity contribution in [3.05, 3.63) is 47.0 Å². The molecule has 82 valence electrons. The Kier molecular flexibility index (Phi) is 6.14. The number of allylic oxidation sites excluding steroid dienone is 2. The van der Waals surface area contributed by atoms with Crippen molar-refractivity contribution in [1.29, 1.82) is 0 Å². The number of halogens is 1. The first kappa shape index (κ1) is 12.3. The molecule has 1 aromatic rings. The highest BCUT2D eigenvalue weighted by molar-refractivity contribution is 6.30. The molecule has 0 bridgehead atoms. The van der Waals surface area contributed by atoms with Crippen LogP contribution in [0.1, 0.15) is 18.4 Å². The highest BCUT2D eigenvalue weighted by Gasteiger charge is 1.89. The maximum atomic E-state index is 5.80. The van der Waals surface area contributed by atoms with Gasteiger partial charge in [0.2, 0.25) is 0 Å². The van der Waals surface area contributed by atoms with E-state index in [0.717, 1.165) is 30.9 Å². The summed E-state index contributed by atoms with van der Waals surface area (Å²) in [5.41, 5.74) is 1.29. The van der Waals surface area contributed by atoms with Crippen LogP contribution in [0.5, 0.6) is 0 Å². The van der Waals surface area contributed by atoms with Crippen LogP contribution in [0, 0.1) is 0 Å². The molecule has 0 aliphatic carbocycles. The minimum absolute atomic E-state index is 0.794. The lowest BCUT2D eigenvalue weighted by Crippen LogP contribution is -1.86. The minimum Gasteiger partial charge on any atom is -0.385 e. The summed E-state index contributed by atoms with van der Waals surface area (Å²) in [4.78, 5) is 0. The molecule has 1 nitrogen and oxygen atoms in total. The van der Waals surface area contributed by atoms with Crippen LogP contribution in [0.15, 0.2) is 36.4 Å². The van der Waals surface area contributed by atoms with Gasteiger partial charge in [-0.2, -0.15) is 0 Å². The fourth-order valence-electron chi connectivity index (χ4n) is 1.30. The highest BCUT2D eigenvalue weighted by Crippen LogP contribution is 2.10. The van der Waals surface area contributed by atoms with E-state index in [9.17, 15) is 0 Å². The number of hydrogen-bond donors (Lipinski definition) is 0. The van der Waals surface area contributed by atoms with Crippen LogP contribution in [-0.2, 0) is 11.2 Å². The maximum absolute atomic E-state index is 5.80. The predicted octanol–water partition coefficient (Wildman–Crippen LogP) is 3.87. The molecule has 0 radical (unpaired) electrons. The molecule has 0 spiro atoms. The van der Waals surface area contributed by atoms with Crippen molar-refractivity contribution in [3.8, 4) is 0 Å². The number of ether oxygens (including phenoxy) is 1. The summed E-state index contributed by atoms with van der Waals surface area (Å²) in [5, 5.41) is 0.794. The molecule has 0 heterocycles. The lowest BCUT2D eigenvalue weighted by molar-refractivity contribution is 0.196. The second-order valence-electron chi connectivity index (χ2n) is 3.44. The summed E-state index contributed by atoms with van der Waals surface area (Å²) >= 11 is 5.80. The Balaban J connectivity index is 2.22. The van der Waals surface area contributed by atoms with E-state index in [1.54, 1.807) is 7.11 Å². The molecule has 0 aliphatic heterocycles. The van der Waals surface area contributed by atoms with E-state index >= 15 is 0 Å². The van der Waals surface area contributed by atoms with E-state index in [4.69, 9.17) is 16.3 Å². The Hall–Kier alpha value is -0.790. The van der Waals surface area contributed by atoms with Crippen molar-refractivity contribution in [2.75, 3.05) is 13.7 Å². The van der Waals surface area contributed by atoms with Gasteiger partial charge >= 0.3 is 0 Å². The van der Waals surface area contributed by atoms with Crippen molar-refractivity contribution >= 4 is 11.6 Å². The Morgan fingerprint density at radius 3 is 2.60 bits per heavy atom. The zero-order chi connectivity index (χ0) is 10.9. The zero-order valence-electron chi connectivity index (χ0n) is 9.08. The normalized spacial score (nSPS) is 11.1. The fraction of sp³-hybridized carbons (Fsp3) is 0.385. The summed E-state index contributed by atoms with van der Waals surface area (Å²) in [5.74, 6) is 0. The van der Waals surface area contributed by atoms with E-state index < -0.39 is 0 Å². The summed E-state index contributed by atoms with van der Waals surface area (Å²) < 4.78 is 4.97. The van der Waals surface area contributed by atoms with Crippen LogP contribution >= 0.6 is 11.6 Å². The number of unbranched alkanes of at least 4 members (excludes halogenated alkanes) is 1. The number of rotatable bonds is 6. The van der Waals surface area contributed by atoms with Crippen LogP contribution in [0.2, 0.25) is 5.02 Å². The molecule has 1 aromatic carbocycles. The molecular formula is C13H17ClO. The fourth-order valence-corrected chi connectivity index (χ4v) is 1.43. The molecule has 0 unspecified atom stereocenters. The Labute approximate surface area is 96.7 Å². The van der Waals surface area contributed by atoms with Gasteiger partial charge in [-0.25, -0.2) is 0 Å². The van der Waals surface area contributed by atoms with Crippen LogP contribution in [-0.4, -0.2) is 13.7 Å². The van der Waals surface area contributed by atoms with Gasteiger partial charge in [-0.1, -0.05) is 35.9 Å². The second kappa shape index (κ2) is 7.49. The lowest BCUT2D eigenvalue weighted by Gasteiger charge is -1.96. The quantitative estimate of drug-likeness (QED) is 0.527. The summed E-state index contributed by atoms with van der Waals surface area (Å²) in [6.07, 6.45) is 7.55. The van der Waals surface area contributed by atoms with E-state index in [-0.39, 0.29) is 0 Å². The number of hydrogen-bond acceptors (Lipinski definition) is 1. The number of benzene rings is 1. The predicted molar refractivity (Wildman–Crippen MR) is 65.4 cm³/mol. The van der Waals surface area contributed by atoms with Crippen molar-refractivity contribution in [2.45, 2.75) is 19.3 Å². The first-order chi connectivity index (χ1) is 7.33. The highest BCUT2D eigenvalue weighted by atomic mass is 35.5. The smallest absolute Gasteiger partial charge is 0.0465 e. The Morgan fingerprint density at radius 2 is 1.93 bits per heavy atom. The lowest BCUT2D eigenvalue weighted by atomic mass is 10.1. The van der Waals surface area contributed by atoms with Gasteiger partial charge in [0.15, 0.2) is 0 Å². The summed E-state index contributed by atoms with van der Waals surface area (Å²) in [6.45, 7) is 0.839. The Morgan fingerprint density at radius 1 is 1.20 bits per heavy atom. The maximum Gasteiger partial charge on any atom is 0.0465 e. The van der Waals surface area contributed by atoms with E-state index in [0.29, 0.717) is 0 Å². The average Bonchev–Trinajstić information content (AvgIpc) is 2.26. The molecule has 0 saturated carbocycles. The minimum atomic E-state index is 0.794. The van der Waals surface area contributed by atoms with Gasteiger partial charge in [-0.15, -0.1) is 0 Å². The molecule has 0 fully saturated rings. The van der Waals surface area contributed by atoms with Crippen LogP contribution < -0.4 is 0 Å². The molecule has 0 N–H and O–H groups in total. The van der Waals surface area contributed by atoms with Crippen molar-refractivity contribution in [1.82, 2.24) is 0 Å². The first-order valence-corrected chi connectivity index (χ1v) is 5.59. The zero-order valence-corrected chi connectivity index (χ0v) is 9.83. The SMILES string of the molecule is COCCC/C=C/Cc1ccc(Cl)cc1. The third-order valence-electron chi connectivity index (χ3n) is 2.15. The van der Waals surface area contributed by atoms with Crippen molar-refractivity contribution < 1.29 is 4.74 Å². The van der Waals surface area contributed by atoms with Gasteiger partial charge in [-0.05, 0) is 37.0 Å². The average molecular weight is 225 g/mol. The third-order valence-corrected chi connectivity index (χ3v) is 2.40. The summed E-state index contributed by atoms with van der Waals surface area (Å²) in [6, 6.07) is 7.97. The summed E-state index contributed by atoms with van der Waals surface area (Å²) in [7, 11) is 1.73. The van der Waals surface area contributed by atoms with E-state index in [1.165, 1.54) is 5.56 Å². The third kappa shape index (κ3) is 5.60. The Bertz CT molecular complexity index is 290. The van der Waals surface area contributed by atoms with Gasteiger partial charge in [0.25, 0.3) is 0 Å². The van der Waals surface area contributed by atoms with Gasteiger partial charge in [0, 0.05) is 18.7 Å². The topological polar surface area (TPSA) is 9.23 Å². The van der Waals surface area contributed by atoms with E-state index in [2.05, 4.69) is 24.3 Å². The molecule has 1 rings (SSSR count). The second-order valence-corrected chi connectivity index (χ2v) is 3.87. The van der Waals surface area contributed by atoms with Crippen LogP contribution in [0.4, 0.5) is 0 Å². The molecule has 0 atom stereocenters.